The lowest BCUT2D eigenvalue weighted by atomic mass is 9.97. The summed E-state index contributed by atoms with van der Waals surface area (Å²) in [6, 6.07) is 7.85. The lowest BCUT2D eigenvalue weighted by Crippen LogP contribution is -2.64. The van der Waals surface area contributed by atoms with E-state index >= 15 is 0 Å². The third-order valence-corrected chi connectivity index (χ3v) is 7.09. The molecule has 2 aromatic carbocycles. The molecule has 0 aromatic heterocycles. The summed E-state index contributed by atoms with van der Waals surface area (Å²) in [5.41, 5.74) is 0.333. The Balaban J connectivity index is 1.52. The van der Waals surface area contributed by atoms with E-state index in [0.717, 1.165) is 12.1 Å². The van der Waals surface area contributed by atoms with Crippen molar-refractivity contribution in [2.75, 3.05) is 6.61 Å². The molecule has 0 spiro atoms. The van der Waals surface area contributed by atoms with Crippen LogP contribution in [0.5, 0.6) is 23.0 Å². The van der Waals surface area contributed by atoms with Crippen LogP contribution < -0.4 is 9.84 Å². The predicted molar refractivity (Wildman–Crippen MR) is 134 cm³/mol. The van der Waals surface area contributed by atoms with E-state index in [1.807, 2.05) is 0 Å². The van der Waals surface area contributed by atoms with E-state index in [1.54, 1.807) is 12.1 Å². The SMILES string of the molecule is C[C@@H]1O[C@@H](O[C@H]2[C@H](Oc3cc(O)c(C(=O)CCc4ccc([O-])cc4)c(O)c3)O[C@H](CO)[C@@H](O)[C@@H]2O)[C@H](O)[C@H](O)[C@H]1O. The van der Waals surface area contributed by atoms with Gasteiger partial charge in [-0.1, -0.05) is 24.3 Å². The fraction of sp³-hybridized carbons (Fsp3) is 0.519. The van der Waals surface area contributed by atoms with Gasteiger partial charge in [0.15, 0.2) is 18.2 Å². The normalized spacial score (nSPS) is 33.8. The molecule has 8 N–H and O–H groups in total. The fourth-order valence-corrected chi connectivity index (χ4v) is 4.69. The minimum atomic E-state index is -1.78. The second kappa shape index (κ2) is 12.9. The number of ether oxygens (including phenoxy) is 4. The molecule has 10 atom stereocenters. The maximum absolute atomic E-state index is 12.7. The van der Waals surface area contributed by atoms with Crippen LogP contribution in [0.1, 0.15) is 29.3 Å². The Bertz CT molecular complexity index is 1170. The number of aliphatic hydroxyl groups is 6. The lowest BCUT2D eigenvalue weighted by molar-refractivity contribution is -0.354. The monoisotopic (exact) mass is 581 g/mol. The number of carbonyl (C=O) groups is 1. The molecule has 0 saturated carbocycles. The summed E-state index contributed by atoms with van der Waals surface area (Å²) in [6.07, 6.45) is -15.4. The number of phenolic OH excluding ortho intramolecular Hbond substituents is 2. The summed E-state index contributed by atoms with van der Waals surface area (Å²) in [6.45, 7) is 0.669. The van der Waals surface area contributed by atoms with Crippen molar-refractivity contribution in [2.45, 2.75) is 81.2 Å². The molecule has 14 heteroatoms. The smallest absolute Gasteiger partial charge is 0.229 e. The van der Waals surface area contributed by atoms with Gasteiger partial charge in [-0.25, -0.2) is 0 Å². The quantitative estimate of drug-likeness (QED) is 0.150. The summed E-state index contributed by atoms with van der Waals surface area (Å²) in [4.78, 5) is 12.7. The van der Waals surface area contributed by atoms with Crippen molar-refractivity contribution in [1.82, 2.24) is 0 Å². The minimum Gasteiger partial charge on any atom is -0.872 e. The van der Waals surface area contributed by atoms with Gasteiger partial charge in [-0.3, -0.25) is 4.79 Å². The van der Waals surface area contributed by atoms with Gasteiger partial charge in [-0.15, -0.1) is 5.75 Å². The standard InChI is InChI=1S/C27H34O14/c1-11-20(33)22(35)24(37)26(38-11)41-25-23(36)21(34)18(10-28)40-27(25)39-14-8-16(31)19(17(32)9-14)15(30)7-4-12-2-5-13(29)6-3-12/h2-3,5-6,8-9,11,18,20-29,31-37H,4,7,10H2,1H3/p-1/t11-,18+,20-,21+,22+,23-,24+,25+,26-,27+/m0/s1. The first-order valence-electron chi connectivity index (χ1n) is 12.9. The van der Waals surface area contributed by atoms with Crippen LogP contribution in [-0.4, -0.2) is 115 Å². The first kappa shape index (κ1) is 30.9. The maximum Gasteiger partial charge on any atom is 0.229 e. The van der Waals surface area contributed by atoms with E-state index in [1.165, 1.54) is 19.1 Å². The highest BCUT2D eigenvalue weighted by Crippen LogP contribution is 2.36. The number of aliphatic hydroxyl groups excluding tert-OH is 6. The van der Waals surface area contributed by atoms with Crippen LogP contribution >= 0.6 is 0 Å². The number of aryl methyl sites for hydroxylation is 1. The predicted octanol–water partition coefficient (Wildman–Crippen LogP) is -1.98. The molecule has 41 heavy (non-hydrogen) atoms. The van der Waals surface area contributed by atoms with Crippen LogP contribution in [-0.2, 0) is 20.6 Å². The fourth-order valence-electron chi connectivity index (χ4n) is 4.69. The van der Waals surface area contributed by atoms with Crippen molar-refractivity contribution in [1.29, 1.82) is 0 Å². The van der Waals surface area contributed by atoms with Crippen molar-refractivity contribution in [2.24, 2.45) is 0 Å². The Kier molecular flexibility index (Phi) is 9.69. The molecule has 226 valence electrons. The zero-order chi connectivity index (χ0) is 30.0. The average Bonchev–Trinajstić information content (AvgIpc) is 2.93. The molecular weight excluding hydrogens is 548 g/mol. The first-order chi connectivity index (χ1) is 19.4. The largest absolute Gasteiger partial charge is 0.872 e. The van der Waals surface area contributed by atoms with Gasteiger partial charge in [0.05, 0.1) is 12.7 Å². The highest BCUT2D eigenvalue weighted by Gasteiger charge is 2.51. The van der Waals surface area contributed by atoms with Crippen LogP contribution in [0.3, 0.4) is 0 Å². The average molecular weight is 582 g/mol. The van der Waals surface area contributed by atoms with Gasteiger partial charge < -0.3 is 64.9 Å². The highest BCUT2D eigenvalue weighted by molar-refractivity contribution is 6.01. The maximum atomic E-state index is 12.7. The number of rotatable bonds is 9. The van der Waals surface area contributed by atoms with Crippen molar-refractivity contribution in [3.05, 3.63) is 47.5 Å². The van der Waals surface area contributed by atoms with E-state index in [9.17, 15) is 50.8 Å². The van der Waals surface area contributed by atoms with Gasteiger partial charge in [0.2, 0.25) is 6.29 Å². The number of aromatic hydroxyl groups is 2. The van der Waals surface area contributed by atoms with E-state index < -0.39 is 85.3 Å². The molecule has 0 aliphatic carbocycles. The molecule has 0 radical (unpaired) electrons. The first-order valence-corrected chi connectivity index (χ1v) is 12.9. The van der Waals surface area contributed by atoms with Gasteiger partial charge in [0.25, 0.3) is 0 Å². The van der Waals surface area contributed by atoms with Gasteiger partial charge in [-0.2, -0.15) is 0 Å². The molecule has 14 nitrogen and oxygen atoms in total. The highest BCUT2D eigenvalue weighted by atomic mass is 16.8. The van der Waals surface area contributed by atoms with E-state index in [4.69, 9.17) is 18.9 Å². The molecule has 4 rings (SSSR count). The molecule has 0 amide bonds. The summed E-state index contributed by atoms with van der Waals surface area (Å²) < 4.78 is 22.2. The molecular formula is C27H33O14-. The van der Waals surface area contributed by atoms with Crippen molar-refractivity contribution in [3.63, 3.8) is 0 Å². The number of benzene rings is 2. The van der Waals surface area contributed by atoms with Gasteiger partial charge in [-0.05, 0) is 18.9 Å². The van der Waals surface area contributed by atoms with Gasteiger partial charge in [0.1, 0.15) is 59.4 Å². The molecule has 2 saturated heterocycles. The number of carbonyl (C=O) groups excluding carboxylic acids is 1. The van der Waals surface area contributed by atoms with E-state index in [2.05, 4.69) is 0 Å². The molecule has 2 aliphatic heterocycles. The number of hydrogen-bond donors (Lipinski definition) is 8. The van der Waals surface area contributed by atoms with Gasteiger partial charge in [0, 0.05) is 18.6 Å². The van der Waals surface area contributed by atoms with Crippen LogP contribution in [0, 0.1) is 0 Å². The zero-order valence-corrected chi connectivity index (χ0v) is 21.9. The number of hydrogen-bond acceptors (Lipinski definition) is 14. The third-order valence-electron chi connectivity index (χ3n) is 7.09. The van der Waals surface area contributed by atoms with E-state index in [0.29, 0.717) is 5.56 Å². The van der Waals surface area contributed by atoms with Gasteiger partial charge >= 0.3 is 0 Å². The molecule has 0 bridgehead atoms. The third kappa shape index (κ3) is 6.72. The Labute approximate surface area is 234 Å². The Morgan fingerprint density at radius 2 is 1.51 bits per heavy atom. The zero-order valence-electron chi connectivity index (χ0n) is 21.9. The second-order valence-electron chi connectivity index (χ2n) is 10.0. The molecule has 2 aromatic rings. The number of Topliss-reactive ketones (excluding diaryl/α,β-unsaturated/α-hetero) is 1. The molecule has 0 unspecified atom stereocenters. The topological polar surface area (TPSA) is 239 Å². The Hall–Kier alpha value is -3.05. The molecule has 2 aliphatic rings. The summed E-state index contributed by atoms with van der Waals surface area (Å²) in [7, 11) is 0. The lowest BCUT2D eigenvalue weighted by Gasteiger charge is -2.45. The van der Waals surface area contributed by atoms with Crippen LogP contribution in [0.4, 0.5) is 0 Å². The second-order valence-corrected chi connectivity index (χ2v) is 10.0. The minimum absolute atomic E-state index is 0.0911. The van der Waals surface area contributed by atoms with Crippen molar-refractivity contribution in [3.8, 4) is 23.0 Å². The van der Waals surface area contributed by atoms with Crippen LogP contribution in [0.2, 0.25) is 0 Å². The van der Waals surface area contributed by atoms with Crippen LogP contribution in [0.15, 0.2) is 36.4 Å². The Morgan fingerprint density at radius 1 is 0.878 bits per heavy atom. The summed E-state index contributed by atoms with van der Waals surface area (Å²) >= 11 is 0. The Morgan fingerprint density at radius 3 is 2.12 bits per heavy atom. The number of phenols is 2. The number of ketones is 1. The summed E-state index contributed by atoms with van der Waals surface area (Å²) in [5.74, 6) is -2.30. The molecule has 2 heterocycles. The summed E-state index contributed by atoms with van der Waals surface area (Å²) in [5, 5.41) is 93.4. The van der Waals surface area contributed by atoms with Crippen molar-refractivity contribution < 1.29 is 69.7 Å². The molecule has 2 fully saturated rings. The van der Waals surface area contributed by atoms with E-state index in [-0.39, 0.29) is 29.9 Å². The van der Waals surface area contributed by atoms with Crippen molar-refractivity contribution >= 4 is 5.78 Å². The van der Waals surface area contributed by atoms with Crippen LogP contribution in [0.25, 0.3) is 0 Å².